The van der Waals surface area contributed by atoms with Crippen LogP contribution >= 0.6 is 0 Å². The lowest BCUT2D eigenvalue weighted by Crippen LogP contribution is -2.20. The molecule has 2 amide bonds. The first-order chi connectivity index (χ1) is 16.9. The summed E-state index contributed by atoms with van der Waals surface area (Å²) in [5.41, 5.74) is 4.52. The first-order valence-corrected chi connectivity index (χ1v) is 11.1. The van der Waals surface area contributed by atoms with Crippen LogP contribution in [0.1, 0.15) is 45.0 Å². The number of anilines is 2. The van der Waals surface area contributed by atoms with Gasteiger partial charge in [0.15, 0.2) is 0 Å². The maximum atomic E-state index is 14.4. The van der Waals surface area contributed by atoms with Crippen molar-refractivity contribution in [1.82, 2.24) is 10.5 Å². The number of para-hydroxylation sites is 1. The molecule has 4 aromatic rings. The molecular formula is C27H25FN4O3. The summed E-state index contributed by atoms with van der Waals surface area (Å²) in [4.78, 5) is 24.7. The molecule has 8 heteroatoms. The van der Waals surface area contributed by atoms with Crippen molar-refractivity contribution in [3.8, 4) is 11.1 Å². The molecule has 3 N–H and O–H groups in total. The molecule has 35 heavy (non-hydrogen) atoms. The van der Waals surface area contributed by atoms with Crippen LogP contribution in [0.2, 0.25) is 0 Å². The Kier molecular flexibility index (Phi) is 6.91. The topological polar surface area (TPSA) is 96.3 Å². The highest BCUT2D eigenvalue weighted by Crippen LogP contribution is 2.31. The van der Waals surface area contributed by atoms with Gasteiger partial charge in [-0.05, 0) is 48.2 Å². The van der Waals surface area contributed by atoms with Gasteiger partial charge in [0.2, 0.25) is 5.76 Å². The Balaban J connectivity index is 1.56. The molecule has 0 aliphatic rings. The number of carbonyl (C=O) groups excluding carboxylic acids is 2. The van der Waals surface area contributed by atoms with Gasteiger partial charge in [0.1, 0.15) is 5.82 Å². The molecule has 1 atom stereocenters. The number of aromatic nitrogens is 1. The zero-order valence-electron chi connectivity index (χ0n) is 19.6. The smallest absolute Gasteiger partial charge is 0.294 e. The molecule has 3 aromatic carbocycles. The zero-order valence-corrected chi connectivity index (χ0v) is 19.6. The number of benzene rings is 3. The zero-order chi connectivity index (χ0) is 24.9. The Bertz CT molecular complexity index is 1350. The van der Waals surface area contributed by atoms with E-state index in [9.17, 15) is 14.0 Å². The van der Waals surface area contributed by atoms with Crippen LogP contribution in [-0.4, -0.2) is 24.0 Å². The number of hydrogen-bond acceptors (Lipinski definition) is 5. The van der Waals surface area contributed by atoms with Gasteiger partial charge in [-0.15, -0.1) is 0 Å². The predicted octanol–water partition coefficient (Wildman–Crippen LogP) is 5.57. The third-order valence-corrected chi connectivity index (χ3v) is 5.73. The highest BCUT2D eigenvalue weighted by Gasteiger charge is 2.18. The molecular weight excluding hydrogens is 447 g/mol. The molecule has 0 spiro atoms. The van der Waals surface area contributed by atoms with E-state index in [4.69, 9.17) is 4.52 Å². The largest absolute Gasteiger partial charge is 0.377 e. The minimum atomic E-state index is -0.569. The Hall–Kier alpha value is -4.46. The summed E-state index contributed by atoms with van der Waals surface area (Å²) >= 11 is 0. The van der Waals surface area contributed by atoms with Gasteiger partial charge in [0, 0.05) is 19.2 Å². The number of hydrogen-bond donors (Lipinski definition) is 3. The summed E-state index contributed by atoms with van der Waals surface area (Å²) in [6, 6.07) is 19.2. The first kappa shape index (κ1) is 23.7. The number of halogens is 1. The van der Waals surface area contributed by atoms with Gasteiger partial charge in [-0.2, -0.15) is 0 Å². The third-order valence-electron chi connectivity index (χ3n) is 5.73. The fraction of sp³-hybridized carbons (Fsp3) is 0.148. The van der Waals surface area contributed by atoms with E-state index in [0.29, 0.717) is 11.3 Å². The van der Waals surface area contributed by atoms with Crippen molar-refractivity contribution >= 4 is 23.2 Å². The second kappa shape index (κ2) is 10.2. The van der Waals surface area contributed by atoms with E-state index in [0.717, 1.165) is 22.4 Å². The monoisotopic (exact) mass is 472 g/mol. The van der Waals surface area contributed by atoms with Crippen molar-refractivity contribution in [3.05, 3.63) is 101 Å². The van der Waals surface area contributed by atoms with Crippen LogP contribution in [-0.2, 0) is 0 Å². The first-order valence-electron chi connectivity index (χ1n) is 11.1. The molecule has 0 bridgehead atoms. The van der Waals surface area contributed by atoms with Gasteiger partial charge in [-0.1, -0.05) is 53.7 Å². The molecule has 4 rings (SSSR count). The standard InChI is InChI=1S/C27H25FN4O3/c1-16-6-4-9-22(25(16)32-26(33)23-14-15-30-35-23)31-17(2)18-10-12-19(13-11-18)20-7-5-8-21(28)24(20)27(34)29-3/h4-15,17,31H,1-3H3,(H,29,34)(H,32,33). The Morgan fingerprint density at radius 1 is 0.971 bits per heavy atom. The van der Waals surface area contributed by atoms with Crippen molar-refractivity contribution in [1.29, 1.82) is 0 Å². The van der Waals surface area contributed by atoms with E-state index in [1.165, 1.54) is 25.4 Å². The van der Waals surface area contributed by atoms with E-state index in [2.05, 4.69) is 21.1 Å². The quantitative estimate of drug-likeness (QED) is 0.327. The molecule has 1 unspecified atom stereocenters. The second-order valence-electron chi connectivity index (χ2n) is 8.06. The van der Waals surface area contributed by atoms with E-state index in [-0.39, 0.29) is 23.3 Å². The molecule has 178 valence electrons. The molecule has 1 aromatic heterocycles. The van der Waals surface area contributed by atoms with Crippen molar-refractivity contribution in [2.45, 2.75) is 19.9 Å². The second-order valence-corrected chi connectivity index (χ2v) is 8.06. The number of carbonyl (C=O) groups is 2. The average Bonchev–Trinajstić information content (AvgIpc) is 3.41. The van der Waals surface area contributed by atoms with Crippen LogP contribution in [0.25, 0.3) is 11.1 Å². The molecule has 0 radical (unpaired) electrons. The Morgan fingerprint density at radius 2 is 1.71 bits per heavy atom. The highest BCUT2D eigenvalue weighted by molar-refractivity contribution is 6.04. The molecule has 1 heterocycles. The summed E-state index contributed by atoms with van der Waals surface area (Å²) in [5, 5.41) is 12.4. The molecule has 0 aliphatic heterocycles. The van der Waals surface area contributed by atoms with Crippen LogP contribution < -0.4 is 16.0 Å². The van der Waals surface area contributed by atoms with Crippen molar-refractivity contribution < 1.29 is 18.5 Å². The fourth-order valence-electron chi connectivity index (χ4n) is 3.85. The number of rotatable bonds is 7. The molecule has 0 aliphatic carbocycles. The normalized spacial score (nSPS) is 11.5. The van der Waals surface area contributed by atoms with Gasteiger partial charge < -0.3 is 20.5 Å². The van der Waals surface area contributed by atoms with Gasteiger partial charge >= 0.3 is 0 Å². The minimum absolute atomic E-state index is 0.0147. The molecule has 0 saturated carbocycles. The van der Waals surface area contributed by atoms with E-state index in [1.807, 2.05) is 56.3 Å². The van der Waals surface area contributed by atoms with Crippen molar-refractivity contribution in [2.75, 3.05) is 17.7 Å². The van der Waals surface area contributed by atoms with Crippen LogP contribution in [0, 0.1) is 12.7 Å². The van der Waals surface area contributed by atoms with Crippen molar-refractivity contribution in [3.63, 3.8) is 0 Å². The summed E-state index contributed by atoms with van der Waals surface area (Å²) in [5.74, 6) is -1.31. The number of amides is 2. The molecule has 0 fully saturated rings. The van der Waals surface area contributed by atoms with Gasteiger partial charge in [0.05, 0.1) is 23.1 Å². The number of nitrogens with zero attached hydrogens (tertiary/aromatic N) is 1. The number of aryl methyl sites for hydroxylation is 1. The third kappa shape index (κ3) is 5.06. The van der Waals surface area contributed by atoms with Gasteiger partial charge in [-0.3, -0.25) is 9.59 Å². The van der Waals surface area contributed by atoms with Crippen LogP contribution in [0.3, 0.4) is 0 Å². The maximum absolute atomic E-state index is 14.4. The minimum Gasteiger partial charge on any atom is -0.377 e. The Morgan fingerprint density at radius 3 is 2.40 bits per heavy atom. The average molecular weight is 473 g/mol. The highest BCUT2D eigenvalue weighted by atomic mass is 19.1. The Labute approximate surface area is 202 Å². The van der Waals surface area contributed by atoms with Gasteiger partial charge in [0.25, 0.3) is 11.8 Å². The predicted molar refractivity (Wildman–Crippen MR) is 133 cm³/mol. The lowest BCUT2D eigenvalue weighted by molar-refractivity contribution is 0.0958. The van der Waals surface area contributed by atoms with Crippen molar-refractivity contribution in [2.24, 2.45) is 0 Å². The molecule has 0 saturated heterocycles. The fourth-order valence-corrected chi connectivity index (χ4v) is 3.85. The van der Waals surface area contributed by atoms with Crippen LogP contribution in [0.4, 0.5) is 15.8 Å². The van der Waals surface area contributed by atoms with Crippen LogP contribution in [0.5, 0.6) is 0 Å². The summed E-state index contributed by atoms with van der Waals surface area (Å²) in [6.45, 7) is 3.90. The van der Waals surface area contributed by atoms with Gasteiger partial charge in [-0.25, -0.2) is 4.39 Å². The lowest BCUT2D eigenvalue weighted by Gasteiger charge is -2.20. The van der Waals surface area contributed by atoms with Crippen LogP contribution in [0.15, 0.2) is 77.4 Å². The van der Waals surface area contributed by atoms with E-state index >= 15 is 0 Å². The number of nitrogens with one attached hydrogen (secondary N) is 3. The summed E-state index contributed by atoms with van der Waals surface area (Å²) < 4.78 is 19.3. The van der Waals surface area contributed by atoms with E-state index < -0.39 is 11.7 Å². The van der Waals surface area contributed by atoms with E-state index in [1.54, 1.807) is 12.1 Å². The summed E-state index contributed by atoms with van der Waals surface area (Å²) in [7, 11) is 1.47. The molecule has 7 nitrogen and oxygen atoms in total. The SMILES string of the molecule is CNC(=O)c1c(F)cccc1-c1ccc(C(C)Nc2cccc(C)c2NC(=O)c2ccno2)cc1. The maximum Gasteiger partial charge on any atom is 0.294 e. The summed E-state index contributed by atoms with van der Waals surface area (Å²) in [6.07, 6.45) is 1.42. The lowest BCUT2D eigenvalue weighted by atomic mass is 9.96.